The van der Waals surface area contributed by atoms with Crippen LogP contribution in [0.5, 0.6) is 5.75 Å². The number of nitrogens with one attached hydrogen (secondary N) is 1. The van der Waals surface area contributed by atoms with Crippen molar-refractivity contribution in [2.75, 3.05) is 17.7 Å². The van der Waals surface area contributed by atoms with Gasteiger partial charge in [0, 0.05) is 6.54 Å². The minimum absolute atomic E-state index is 0.0450. The molecule has 0 aliphatic rings. The second kappa shape index (κ2) is 5.53. The summed E-state index contributed by atoms with van der Waals surface area (Å²) in [5, 5.41) is 21.1. The largest absolute Gasteiger partial charge is 0.506 e. The third-order valence-corrected chi connectivity index (χ3v) is 2.73. The summed E-state index contributed by atoms with van der Waals surface area (Å²) in [6.07, 6.45) is -0.788. The molecule has 0 aliphatic carbocycles. The fourth-order valence-corrected chi connectivity index (χ4v) is 1.42. The SMILES string of the molecule is Oc1ccc(Br)c(F)c1NCC(O)CCl. The average Bonchev–Trinajstić information content (AvgIpc) is 2.23. The average molecular weight is 299 g/mol. The summed E-state index contributed by atoms with van der Waals surface area (Å²) < 4.78 is 13.7. The third-order valence-electron chi connectivity index (χ3n) is 1.77. The summed E-state index contributed by atoms with van der Waals surface area (Å²) in [7, 11) is 0. The van der Waals surface area contributed by atoms with Crippen molar-refractivity contribution >= 4 is 33.2 Å². The van der Waals surface area contributed by atoms with Crippen LogP contribution in [0, 0.1) is 5.82 Å². The zero-order valence-electron chi connectivity index (χ0n) is 7.67. The first-order valence-corrected chi connectivity index (χ1v) is 5.54. The van der Waals surface area contributed by atoms with Gasteiger partial charge in [0.25, 0.3) is 0 Å². The van der Waals surface area contributed by atoms with Crippen LogP contribution in [0.4, 0.5) is 10.1 Å². The Morgan fingerprint density at radius 3 is 2.80 bits per heavy atom. The number of hydrogen-bond acceptors (Lipinski definition) is 3. The molecule has 1 unspecified atom stereocenters. The zero-order chi connectivity index (χ0) is 11.4. The number of anilines is 1. The molecule has 0 aliphatic heterocycles. The summed E-state index contributed by atoms with van der Waals surface area (Å²) in [6, 6.07) is 2.75. The van der Waals surface area contributed by atoms with Gasteiger partial charge in [-0.3, -0.25) is 0 Å². The Morgan fingerprint density at radius 1 is 1.53 bits per heavy atom. The molecule has 0 amide bonds. The molecular weight excluding hydrogens is 288 g/mol. The maximum atomic E-state index is 13.4. The molecule has 0 saturated carbocycles. The molecule has 15 heavy (non-hydrogen) atoms. The van der Waals surface area contributed by atoms with Crippen molar-refractivity contribution in [2.45, 2.75) is 6.10 Å². The molecule has 0 bridgehead atoms. The number of rotatable bonds is 4. The van der Waals surface area contributed by atoms with Crippen LogP contribution < -0.4 is 5.32 Å². The van der Waals surface area contributed by atoms with Crippen LogP contribution in [0.2, 0.25) is 0 Å². The van der Waals surface area contributed by atoms with Gasteiger partial charge in [-0.15, -0.1) is 11.6 Å². The van der Waals surface area contributed by atoms with E-state index in [1.54, 1.807) is 0 Å². The van der Waals surface area contributed by atoms with E-state index in [0.29, 0.717) is 0 Å². The smallest absolute Gasteiger partial charge is 0.164 e. The van der Waals surface area contributed by atoms with Crippen LogP contribution >= 0.6 is 27.5 Å². The molecule has 0 radical (unpaired) electrons. The lowest BCUT2D eigenvalue weighted by molar-refractivity contribution is 0.211. The van der Waals surface area contributed by atoms with Crippen molar-refractivity contribution in [3.63, 3.8) is 0 Å². The van der Waals surface area contributed by atoms with Crippen LogP contribution in [0.3, 0.4) is 0 Å². The van der Waals surface area contributed by atoms with Crippen molar-refractivity contribution in [2.24, 2.45) is 0 Å². The normalized spacial score (nSPS) is 12.5. The number of hydrogen-bond donors (Lipinski definition) is 3. The van der Waals surface area contributed by atoms with Crippen molar-refractivity contribution in [3.8, 4) is 5.75 Å². The molecule has 1 aromatic rings. The topological polar surface area (TPSA) is 52.5 Å². The fraction of sp³-hybridized carbons (Fsp3) is 0.333. The first kappa shape index (κ1) is 12.5. The Morgan fingerprint density at radius 2 is 2.20 bits per heavy atom. The van der Waals surface area contributed by atoms with Gasteiger partial charge in [0.1, 0.15) is 11.4 Å². The predicted molar refractivity (Wildman–Crippen MR) is 61.0 cm³/mol. The summed E-state index contributed by atoms with van der Waals surface area (Å²) in [6.45, 7) is 0.0738. The molecule has 1 aromatic carbocycles. The summed E-state index contributed by atoms with van der Waals surface area (Å²) in [4.78, 5) is 0. The van der Waals surface area contributed by atoms with Gasteiger partial charge in [0.2, 0.25) is 0 Å². The van der Waals surface area contributed by atoms with Crippen molar-refractivity contribution in [1.29, 1.82) is 0 Å². The Balaban J connectivity index is 2.80. The molecule has 1 atom stereocenters. The Bertz CT molecular complexity index is 351. The van der Waals surface area contributed by atoms with Gasteiger partial charge in [-0.1, -0.05) is 0 Å². The molecule has 3 N–H and O–H groups in total. The highest BCUT2D eigenvalue weighted by molar-refractivity contribution is 9.10. The summed E-state index contributed by atoms with van der Waals surface area (Å²) >= 11 is 8.36. The monoisotopic (exact) mass is 297 g/mol. The van der Waals surface area contributed by atoms with Gasteiger partial charge in [0.05, 0.1) is 16.5 Å². The first-order chi connectivity index (χ1) is 7.06. The quantitative estimate of drug-likeness (QED) is 0.590. The Hall–Kier alpha value is -0.520. The lowest BCUT2D eigenvalue weighted by Crippen LogP contribution is -2.21. The number of alkyl halides is 1. The van der Waals surface area contributed by atoms with Crippen molar-refractivity contribution in [3.05, 3.63) is 22.4 Å². The molecule has 84 valence electrons. The van der Waals surface area contributed by atoms with Crippen LogP contribution in [0.1, 0.15) is 0 Å². The summed E-state index contributed by atoms with van der Waals surface area (Å²) in [5.74, 6) is -0.766. The fourth-order valence-electron chi connectivity index (χ4n) is 0.983. The van der Waals surface area contributed by atoms with Crippen LogP contribution in [0.15, 0.2) is 16.6 Å². The van der Waals surface area contributed by atoms with Gasteiger partial charge < -0.3 is 15.5 Å². The maximum absolute atomic E-state index is 13.4. The van der Waals surface area contributed by atoms with E-state index in [-0.39, 0.29) is 28.3 Å². The van der Waals surface area contributed by atoms with Gasteiger partial charge in [-0.25, -0.2) is 4.39 Å². The van der Waals surface area contributed by atoms with E-state index in [1.165, 1.54) is 12.1 Å². The van der Waals surface area contributed by atoms with Gasteiger partial charge in [-0.05, 0) is 28.1 Å². The molecule has 0 aromatic heterocycles. The lowest BCUT2D eigenvalue weighted by atomic mass is 10.2. The first-order valence-electron chi connectivity index (χ1n) is 4.21. The number of halogens is 3. The van der Waals surface area contributed by atoms with Crippen LogP contribution in [-0.4, -0.2) is 28.7 Å². The molecule has 0 heterocycles. The van der Waals surface area contributed by atoms with E-state index < -0.39 is 11.9 Å². The highest BCUT2D eigenvalue weighted by Gasteiger charge is 2.12. The standard InChI is InChI=1S/C9H10BrClFNO2/c10-6-1-2-7(15)9(8(6)12)13-4-5(14)3-11/h1-2,5,13-15H,3-4H2. The van der Waals surface area contributed by atoms with Gasteiger partial charge >= 0.3 is 0 Å². The molecule has 0 saturated heterocycles. The second-order valence-corrected chi connectivity index (χ2v) is 4.11. The maximum Gasteiger partial charge on any atom is 0.164 e. The number of phenols is 1. The molecule has 0 fully saturated rings. The molecule has 0 spiro atoms. The summed E-state index contributed by atoms with van der Waals surface area (Å²) in [5.41, 5.74) is -0.0476. The highest BCUT2D eigenvalue weighted by Crippen LogP contribution is 2.31. The van der Waals surface area contributed by atoms with Gasteiger partial charge in [-0.2, -0.15) is 0 Å². The number of benzene rings is 1. The third kappa shape index (κ3) is 3.22. The van der Waals surface area contributed by atoms with E-state index in [2.05, 4.69) is 21.2 Å². The highest BCUT2D eigenvalue weighted by atomic mass is 79.9. The molecular formula is C9H10BrClFNO2. The lowest BCUT2D eigenvalue weighted by Gasteiger charge is -2.12. The predicted octanol–water partition coefficient (Wildman–Crippen LogP) is 2.31. The molecule has 3 nitrogen and oxygen atoms in total. The van der Waals surface area contributed by atoms with E-state index in [1.807, 2.05) is 0 Å². The minimum atomic E-state index is -0.788. The van der Waals surface area contributed by atoms with Gasteiger partial charge in [0.15, 0.2) is 5.82 Å². The molecule has 6 heteroatoms. The Kier molecular flexibility index (Phi) is 4.63. The Labute approximate surface area is 100 Å². The van der Waals surface area contributed by atoms with Crippen molar-refractivity contribution in [1.82, 2.24) is 0 Å². The van der Waals surface area contributed by atoms with Crippen LogP contribution in [0.25, 0.3) is 0 Å². The van der Waals surface area contributed by atoms with E-state index in [4.69, 9.17) is 16.7 Å². The number of aromatic hydroxyl groups is 1. The zero-order valence-corrected chi connectivity index (χ0v) is 10.0. The van der Waals surface area contributed by atoms with E-state index in [0.717, 1.165) is 0 Å². The van der Waals surface area contributed by atoms with Crippen LogP contribution in [-0.2, 0) is 0 Å². The molecule has 1 rings (SSSR count). The van der Waals surface area contributed by atoms with Crippen molar-refractivity contribution < 1.29 is 14.6 Å². The van der Waals surface area contributed by atoms with E-state index >= 15 is 0 Å². The van der Waals surface area contributed by atoms with E-state index in [9.17, 15) is 9.50 Å². The minimum Gasteiger partial charge on any atom is -0.506 e. The number of aliphatic hydroxyl groups is 1. The number of phenolic OH excluding ortho intramolecular Hbond substituents is 1. The second-order valence-electron chi connectivity index (χ2n) is 2.94. The number of aliphatic hydroxyl groups excluding tert-OH is 1.